The lowest BCUT2D eigenvalue weighted by Crippen LogP contribution is -2.19. The quantitative estimate of drug-likeness (QED) is 0.458. The summed E-state index contributed by atoms with van der Waals surface area (Å²) < 4.78 is 69.1. The Morgan fingerprint density at radius 3 is 2.33 bits per heavy atom. The van der Waals surface area contributed by atoms with E-state index in [1.54, 1.807) is 4.98 Å². The van der Waals surface area contributed by atoms with E-state index < -0.39 is 23.4 Å². The van der Waals surface area contributed by atoms with Gasteiger partial charge in [-0.15, -0.1) is 0 Å². The van der Waals surface area contributed by atoms with E-state index in [0.717, 1.165) is 0 Å². The molecular formula is C22H17ClF4N2O4. The van der Waals surface area contributed by atoms with Gasteiger partial charge in [-0.05, 0) is 42.0 Å². The van der Waals surface area contributed by atoms with Crippen molar-refractivity contribution in [2.75, 3.05) is 14.2 Å². The number of nitrogens with one attached hydrogen (secondary N) is 1. The summed E-state index contributed by atoms with van der Waals surface area (Å²) in [5.74, 6) is 0.0706. The van der Waals surface area contributed by atoms with Crippen molar-refractivity contribution >= 4 is 23.8 Å². The van der Waals surface area contributed by atoms with Crippen LogP contribution >= 0.6 is 11.6 Å². The highest BCUT2D eigenvalue weighted by atomic mass is 35.5. The number of aromatic nitrogens is 2. The van der Waals surface area contributed by atoms with Crippen molar-refractivity contribution < 1.29 is 31.8 Å². The summed E-state index contributed by atoms with van der Waals surface area (Å²) >= 11 is 6.03. The van der Waals surface area contributed by atoms with Gasteiger partial charge in [0.1, 0.15) is 18.1 Å². The fourth-order valence-electron chi connectivity index (χ4n) is 2.85. The van der Waals surface area contributed by atoms with Crippen LogP contribution in [-0.4, -0.2) is 24.2 Å². The highest BCUT2D eigenvalue weighted by Gasteiger charge is 2.32. The van der Waals surface area contributed by atoms with Crippen LogP contribution in [0.4, 0.5) is 17.6 Å². The van der Waals surface area contributed by atoms with Gasteiger partial charge in [0.15, 0.2) is 11.5 Å². The average molecular weight is 485 g/mol. The fraction of sp³-hybridized carbons (Fsp3) is 0.182. The summed E-state index contributed by atoms with van der Waals surface area (Å²) in [5, 5.41) is 0.191. The molecule has 0 aliphatic carbocycles. The van der Waals surface area contributed by atoms with E-state index in [1.807, 2.05) is 0 Å². The van der Waals surface area contributed by atoms with Crippen LogP contribution in [0.3, 0.4) is 0 Å². The lowest BCUT2D eigenvalue weighted by molar-refractivity contribution is -0.141. The second-order valence-electron chi connectivity index (χ2n) is 6.60. The molecule has 0 amide bonds. The van der Waals surface area contributed by atoms with Crippen LogP contribution in [0.2, 0.25) is 5.02 Å². The summed E-state index contributed by atoms with van der Waals surface area (Å²) in [6.45, 7) is -0.204. The molecule has 0 fully saturated rings. The number of alkyl halides is 3. The van der Waals surface area contributed by atoms with Gasteiger partial charge < -0.3 is 19.2 Å². The molecule has 174 valence electrons. The van der Waals surface area contributed by atoms with Gasteiger partial charge in [-0.25, -0.2) is 9.18 Å². The molecule has 0 saturated carbocycles. The third-order valence-electron chi connectivity index (χ3n) is 4.42. The SMILES string of the molecule is COc1cc(/C=C/c2cc(C(F)(F)F)[nH]c(=O)n2)cc(OC)c1OCc1c(F)cccc1Cl. The highest BCUT2D eigenvalue weighted by Crippen LogP contribution is 2.40. The molecule has 1 heterocycles. The molecule has 0 atom stereocenters. The fourth-order valence-corrected chi connectivity index (χ4v) is 3.07. The second kappa shape index (κ2) is 9.95. The first-order valence-corrected chi connectivity index (χ1v) is 9.68. The molecule has 0 saturated heterocycles. The molecule has 1 aromatic heterocycles. The first-order chi connectivity index (χ1) is 15.6. The van der Waals surface area contributed by atoms with Crippen LogP contribution in [0.1, 0.15) is 22.5 Å². The largest absolute Gasteiger partial charge is 0.493 e. The van der Waals surface area contributed by atoms with Crippen LogP contribution < -0.4 is 19.9 Å². The van der Waals surface area contributed by atoms with Crippen molar-refractivity contribution in [3.8, 4) is 17.2 Å². The van der Waals surface area contributed by atoms with Gasteiger partial charge in [-0.1, -0.05) is 23.7 Å². The van der Waals surface area contributed by atoms with Gasteiger partial charge in [0.05, 0.1) is 24.9 Å². The predicted molar refractivity (Wildman–Crippen MR) is 114 cm³/mol. The Morgan fingerprint density at radius 2 is 1.76 bits per heavy atom. The zero-order valence-electron chi connectivity index (χ0n) is 17.3. The maximum atomic E-state index is 14.0. The number of methoxy groups -OCH3 is 2. The smallest absolute Gasteiger partial charge is 0.431 e. The Labute approximate surface area is 190 Å². The molecular weight excluding hydrogens is 468 g/mol. The molecule has 0 radical (unpaired) electrons. The predicted octanol–water partition coefficient (Wildman–Crippen LogP) is 5.35. The standard InChI is InChI=1S/C22H17ClF4N2O4/c1-31-17-8-12(6-7-13-10-19(22(25,26)27)29-21(30)28-13)9-18(32-2)20(17)33-11-14-15(23)4-3-5-16(14)24/h3-10H,11H2,1-2H3,(H,28,29,30)/b7-6+. The van der Waals surface area contributed by atoms with Crippen molar-refractivity contribution in [2.45, 2.75) is 12.8 Å². The Bertz CT molecular complexity index is 1200. The normalized spacial score (nSPS) is 11.6. The number of rotatable bonds is 7. The Balaban J connectivity index is 1.91. The lowest BCUT2D eigenvalue weighted by Gasteiger charge is -2.16. The molecule has 3 aromatic rings. The van der Waals surface area contributed by atoms with E-state index in [4.69, 9.17) is 25.8 Å². The van der Waals surface area contributed by atoms with E-state index in [9.17, 15) is 22.4 Å². The number of hydrogen-bond acceptors (Lipinski definition) is 5. The molecule has 0 spiro atoms. The highest BCUT2D eigenvalue weighted by molar-refractivity contribution is 6.31. The van der Waals surface area contributed by atoms with Crippen LogP contribution in [0.15, 0.2) is 41.2 Å². The number of H-pyrrole nitrogens is 1. The van der Waals surface area contributed by atoms with Crippen molar-refractivity contribution in [1.82, 2.24) is 9.97 Å². The number of halogens is 5. The number of ether oxygens (including phenoxy) is 3. The van der Waals surface area contributed by atoms with Gasteiger partial charge >= 0.3 is 11.9 Å². The first-order valence-electron chi connectivity index (χ1n) is 9.30. The van der Waals surface area contributed by atoms with Gasteiger partial charge in [0.2, 0.25) is 5.75 Å². The van der Waals surface area contributed by atoms with Crippen molar-refractivity contribution in [3.05, 3.63) is 80.2 Å². The summed E-state index contributed by atoms with van der Waals surface area (Å²) in [6, 6.07) is 8.00. The van der Waals surface area contributed by atoms with Crippen LogP contribution in [0.25, 0.3) is 12.2 Å². The first kappa shape index (κ1) is 24.1. The third-order valence-corrected chi connectivity index (χ3v) is 4.78. The number of benzene rings is 2. The van der Waals surface area contributed by atoms with E-state index in [-0.39, 0.29) is 40.1 Å². The maximum Gasteiger partial charge on any atom is 0.431 e. The molecule has 1 N–H and O–H groups in total. The average Bonchev–Trinajstić information content (AvgIpc) is 2.76. The monoisotopic (exact) mass is 484 g/mol. The molecule has 3 rings (SSSR count). The lowest BCUT2D eigenvalue weighted by atomic mass is 10.1. The van der Waals surface area contributed by atoms with Gasteiger partial charge in [0.25, 0.3) is 0 Å². The van der Waals surface area contributed by atoms with E-state index >= 15 is 0 Å². The Kier molecular flexibility index (Phi) is 7.27. The van der Waals surface area contributed by atoms with Gasteiger partial charge in [-0.3, -0.25) is 0 Å². The summed E-state index contributed by atoms with van der Waals surface area (Å²) in [6.07, 6.45) is -2.07. The van der Waals surface area contributed by atoms with E-state index in [1.165, 1.54) is 56.7 Å². The molecule has 0 bridgehead atoms. The van der Waals surface area contributed by atoms with E-state index in [0.29, 0.717) is 11.6 Å². The molecule has 6 nitrogen and oxygen atoms in total. The van der Waals surface area contributed by atoms with Gasteiger partial charge in [0, 0.05) is 5.56 Å². The Morgan fingerprint density at radius 1 is 1.09 bits per heavy atom. The van der Waals surface area contributed by atoms with Crippen LogP contribution in [-0.2, 0) is 12.8 Å². The molecule has 2 aromatic carbocycles. The minimum absolute atomic E-state index is 0.146. The maximum absolute atomic E-state index is 14.0. The molecule has 33 heavy (non-hydrogen) atoms. The van der Waals surface area contributed by atoms with E-state index in [2.05, 4.69) is 4.98 Å². The molecule has 0 unspecified atom stereocenters. The van der Waals surface area contributed by atoms with Gasteiger partial charge in [-0.2, -0.15) is 18.2 Å². The van der Waals surface area contributed by atoms with Crippen LogP contribution in [0, 0.1) is 5.82 Å². The minimum Gasteiger partial charge on any atom is -0.493 e. The van der Waals surface area contributed by atoms with Crippen molar-refractivity contribution in [3.63, 3.8) is 0 Å². The zero-order valence-corrected chi connectivity index (χ0v) is 18.1. The minimum atomic E-state index is -4.72. The summed E-state index contributed by atoms with van der Waals surface area (Å²) in [7, 11) is 2.75. The number of aromatic amines is 1. The number of nitrogens with zero attached hydrogens (tertiary/aromatic N) is 1. The summed E-state index contributed by atoms with van der Waals surface area (Å²) in [5.41, 5.74) is -1.94. The molecule has 0 aliphatic heterocycles. The second-order valence-corrected chi connectivity index (χ2v) is 7.01. The zero-order chi connectivity index (χ0) is 24.2. The molecule has 0 aliphatic rings. The molecule has 11 heteroatoms. The number of hydrogen-bond donors (Lipinski definition) is 1. The topological polar surface area (TPSA) is 73.4 Å². The van der Waals surface area contributed by atoms with Crippen molar-refractivity contribution in [1.29, 1.82) is 0 Å². The summed E-state index contributed by atoms with van der Waals surface area (Å²) in [4.78, 5) is 16.6. The van der Waals surface area contributed by atoms with Crippen LogP contribution in [0.5, 0.6) is 17.2 Å². The van der Waals surface area contributed by atoms with Crippen molar-refractivity contribution in [2.24, 2.45) is 0 Å². The third kappa shape index (κ3) is 5.83. The Hall–Kier alpha value is -3.53.